The van der Waals surface area contributed by atoms with E-state index in [4.69, 9.17) is 23.2 Å². The lowest BCUT2D eigenvalue weighted by Crippen LogP contribution is -2.41. The van der Waals surface area contributed by atoms with Crippen molar-refractivity contribution in [3.8, 4) is 0 Å². The zero-order valence-electron chi connectivity index (χ0n) is 9.97. The number of amides is 1. The number of alkyl halides is 1. The average Bonchev–Trinajstić information content (AvgIpc) is 2.55. The molecule has 0 radical (unpaired) electrons. The van der Waals surface area contributed by atoms with Gasteiger partial charge in [0.2, 0.25) is 5.91 Å². The van der Waals surface area contributed by atoms with Crippen LogP contribution in [0.2, 0.25) is 5.02 Å². The van der Waals surface area contributed by atoms with Gasteiger partial charge in [0.1, 0.15) is 0 Å². The summed E-state index contributed by atoms with van der Waals surface area (Å²) in [6, 6.07) is 6.41. The summed E-state index contributed by atoms with van der Waals surface area (Å²) < 4.78 is 22.8. The molecule has 1 heterocycles. The topological polar surface area (TPSA) is 63.2 Å². The number of rotatable bonds is 3. The first-order chi connectivity index (χ1) is 8.85. The minimum absolute atomic E-state index is 0.0829. The lowest BCUT2D eigenvalue weighted by molar-refractivity contribution is -0.120. The van der Waals surface area contributed by atoms with Crippen molar-refractivity contribution >= 4 is 38.9 Å². The SMILES string of the molecule is O=C(Cc1ccc(Cl)cc1)N[C@@H]1CS(=O)(=O)C[C@@H]1Cl. The molecule has 19 heavy (non-hydrogen) atoms. The number of hydrogen-bond donors (Lipinski definition) is 1. The van der Waals surface area contributed by atoms with Crippen LogP contribution in [0.3, 0.4) is 0 Å². The third-order valence-electron chi connectivity index (χ3n) is 2.91. The van der Waals surface area contributed by atoms with Crippen LogP contribution in [0.1, 0.15) is 5.56 Å². The van der Waals surface area contributed by atoms with E-state index in [9.17, 15) is 13.2 Å². The quantitative estimate of drug-likeness (QED) is 0.856. The fraction of sp³-hybridized carbons (Fsp3) is 0.417. The fourth-order valence-corrected chi connectivity index (χ4v) is 4.66. The number of benzene rings is 1. The zero-order valence-corrected chi connectivity index (χ0v) is 12.3. The summed E-state index contributed by atoms with van der Waals surface area (Å²) in [6.45, 7) is 0. The molecule has 0 bridgehead atoms. The van der Waals surface area contributed by atoms with Gasteiger partial charge in [-0.2, -0.15) is 0 Å². The fourth-order valence-electron chi connectivity index (χ4n) is 1.98. The van der Waals surface area contributed by atoms with Gasteiger partial charge in [0.25, 0.3) is 0 Å². The molecule has 0 aromatic heterocycles. The molecule has 1 fully saturated rings. The molecular weight excluding hydrogens is 309 g/mol. The Balaban J connectivity index is 1.93. The first-order valence-corrected chi connectivity index (χ1v) is 8.37. The second kappa shape index (κ2) is 5.69. The summed E-state index contributed by atoms with van der Waals surface area (Å²) in [5.41, 5.74) is 0.814. The van der Waals surface area contributed by atoms with Gasteiger partial charge in [0.05, 0.1) is 29.3 Å². The van der Waals surface area contributed by atoms with E-state index >= 15 is 0 Å². The summed E-state index contributed by atoms with van der Waals surface area (Å²) in [6.07, 6.45) is 0.178. The Kier molecular flexibility index (Phi) is 4.38. The Hall–Kier alpha value is -0.780. The summed E-state index contributed by atoms with van der Waals surface area (Å²) in [5.74, 6) is -0.413. The van der Waals surface area contributed by atoms with E-state index in [0.717, 1.165) is 5.56 Å². The van der Waals surface area contributed by atoms with Crippen LogP contribution in [-0.2, 0) is 21.1 Å². The number of hydrogen-bond acceptors (Lipinski definition) is 3. The lowest BCUT2D eigenvalue weighted by atomic mass is 10.1. The monoisotopic (exact) mass is 321 g/mol. The number of carbonyl (C=O) groups excluding carboxylic acids is 1. The number of sulfone groups is 1. The number of nitrogens with one attached hydrogen (secondary N) is 1. The first-order valence-electron chi connectivity index (χ1n) is 5.74. The van der Waals surface area contributed by atoms with Gasteiger partial charge >= 0.3 is 0 Å². The van der Waals surface area contributed by atoms with Crippen LogP contribution < -0.4 is 5.32 Å². The van der Waals surface area contributed by atoms with Crippen molar-refractivity contribution in [2.75, 3.05) is 11.5 Å². The predicted molar refractivity (Wildman–Crippen MR) is 75.4 cm³/mol. The third-order valence-corrected chi connectivity index (χ3v) is 5.53. The second-order valence-electron chi connectivity index (χ2n) is 4.57. The van der Waals surface area contributed by atoms with Crippen LogP contribution in [0.4, 0.5) is 0 Å². The molecule has 0 saturated carbocycles. The highest BCUT2D eigenvalue weighted by Gasteiger charge is 2.37. The van der Waals surface area contributed by atoms with Crippen LogP contribution in [0.15, 0.2) is 24.3 Å². The molecule has 0 aliphatic carbocycles. The maximum atomic E-state index is 11.8. The molecule has 1 aromatic carbocycles. The van der Waals surface area contributed by atoms with E-state index in [1.807, 2.05) is 0 Å². The first kappa shape index (κ1) is 14.6. The Morgan fingerprint density at radius 2 is 1.89 bits per heavy atom. The van der Waals surface area contributed by atoms with Crippen molar-refractivity contribution in [2.45, 2.75) is 17.8 Å². The van der Waals surface area contributed by atoms with Gasteiger partial charge in [0.15, 0.2) is 9.84 Å². The highest BCUT2D eigenvalue weighted by Crippen LogP contribution is 2.18. The Labute approximate surface area is 122 Å². The van der Waals surface area contributed by atoms with Gasteiger partial charge in [0, 0.05) is 5.02 Å². The molecule has 7 heteroatoms. The summed E-state index contributed by atoms with van der Waals surface area (Å²) in [7, 11) is -3.13. The Bertz CT molecular complexity index is 571. The second-order valence-corrected chi connectivity index (χ2v) is 7.72. The van der Waals surface area contributed by atoms with E-state index in [2.05, 4.69) is 5.32 Å². The maximum absolute atomic E-state index is 11.8. The van der Waals surface area contributed by atoms with Crippen molar-refractivity contribution in [1.82, 2.24) is 5.32 Å². The minimum Gasteiger partial charge on any atom is -0.351 e. The van der Waals surface area contributed by atoms with E-state index in [1.54, 1.807) is 24.3 Å². The van der Waals surface area contributed by atoms with Crippen LogP contribution in [0, 0.1) is 0 Å². The molecule has 1 N–H and O–H groups in total. The van der Waals surface area contributed by atoms with E-state index in [0.29, 0.717) is 5.02 Å². The normalized spacial score (nSPS) is 25.2. The average molecular weight is 322 g/mol. The van der Waals surface area contributed by atoms with E-state index < -0.39 is 21.3 Å². The molecule has 1 aromatic rings. The van der Waals surface area contributed by atoms with Crippen molar-refractivity contribution < 1.29 is 13.2 Å². The summed E-state index contributed by atoms with van der Waals surface area (Å²) in [5, 5.41) is 2.71. The largest absolute Gasteiger partial charge is 0.351 e. The molecule has 1 aliphatic heterocycles. The molecule has 1 amide bonds. The number of carbonyl (C=O) groups is 1. The standard InChI is InChI=1S/C12H13Cl2NO3S/c13-9-3-1-8(2-4-9)5-12(16)15-11-7-19(17,18)6-10(11)14/h1-4,10-11H,5-7H2,(H,15,16)/t10-,11+/m0/s1. The van der Waals surface area contributed by atoms with Gasteiger partial charge in [-0.1, -0.05) is 23.7 Å². The molecule has 0 spiro atoms. The van der Waals surface area contributed by atoms with Crippen LogP contribution in [0.25, 0.3) is 0 Å². The Morgan fingerprint density at radius 1 is 1.26 bits per heavy atom. The molecule has 0 unspecified atom stereocenters. The molecule has 104 valence electrons. The van der Waals surface area contributed by atoms with Crippen molar-refractivity contribution in [3.63, 3.8) is 0 Å². The molecule has 2 atom stereocenters. The van der Waals surface area contributed by atoms with Crippen molar-refractivity contribution in [1.29, 1.82) is 0 Å². The van der Waals surface area contributed by atoms with Gasteiger partial charge in [-0.15, -0.1) is 11.6 Å². The van der Waals surface area contributed by atoms with E-state index in [1.165, 1.54) is 0 Å². The molecular formula is C12H13Cl2NO3S. The maximum Gasteiger partial charge on any atom is 0.224 e. The van der Waals surface area contributed by atoms with Crippen LogP contribution >= 0.6 is 23.2 Å². The van der Waals surface area contributed by atoms with Gasteiger partial charge in [-0.25, -0.2) is 8.42 Å². The van der Waals surface area contributed by atoms with Gasteiger partial charge in [-0.3, -0.25) is 4.79 Å². The van der Waals surface area contributed by atoms with Gasteiger partial charge in [-0.05, 0) is 17.7 Å². The highest BCUT2D eigenvalue weighted by molar-refractivity contribution is 7.91. The Morgan fingerprint density at radius 3 is 2.42 bits per heavy atom. The van der Waals surface area contributed by atoms with Gasteiger partial charge < -0.3 is 5.32 Å². The summed E-state index contributed by atoms with van der Waals surface area (Å²) >= 11 is 11.7. The van der Waals surface area contributed by atoms with Crippen molar-refractivity contribution in [3.05, 3.63) is 34.9 Å². The molecule has 1 aliphatic rings. The molecule has 2 rings (SSSR count). The molecule has 4 nitrogen and oxygen atoms in total. The molecule has 1 saturated heterocycles. The van der Waals surface area contributed by atoms with Crippen molar-refractivity contribution in [2.24, 2.45) is 0 Å². The number of halogens is 2. The van der Waals surface area contributed by atoms with E-state index in [-0.39, 0.29) is 23.8 Å². The third kappa shape index (κ3) is 4.09. The smallest absolute Gasteiger partial charge is 0.224 e. The minimum atomic E-state index is -3.13. The lowest BCUT2D eigenvalue weighted by Gasteiger charge is -2.14. The zero-order chi connectivity index (χ0) is 14.0. The highest BCUT2D eigenvalue weighted by atomic mass is 35.5. The summed E-state index contributed by atoms with van der Waals surface area (Å²) in [4.78, 5) is 11.8. The van der Waals surface area contributed by atoms with Crippen LogP contribution in [0.5, 0.6) is 0 Å². The van der Waals surface area contributed by atoms with Crippen LogP contribution in [-0.4, -0.2) is 37.2 Å². The predicted octanol–water partition coefficient (Wildman–Crippen LogP) is 1.40.